The van der Waals surface area contributed by atoms with Crippen LogP contribution in [-0.2, 0) is 13.0 Å². The lowest BCUT2D eigenvalue weighted by Crippen LogP contribution is -2.38. The first-order valence-electron chi connectivity index (χ1n) is 11.2. The Kier molecular flexibility index (Phi) is 8.57. The van der Waals surface area contributed by atoms with E-state index in [1.54, 1.807) is 32.3 Å². The molecule has 1 aliphatic heterocycles. The Morgan fingerprint density at radius 2 is 1.87 bits per heavy atom. The predicted molar refractivity (Wildman–Crippen MR) is 130 cm³/mol. The summed E-state index contributed by atoms with van der Waals surface area (Å²) in [5, 5.41) is 9.76. The first-order chi connectivity index (χ1) is 14.8. The average Bonchev–Trinajstić information content (AvgIpc) is 3.19. The molecule has 0 atom stereocenters. The van der Waals surface area contributed by atoms with Crippen LogP contribution < -0.4 is 4.74 Å². The van der Waals surface area contributed by atoms with Crippen LogP contribution in [0.2, 0.25) is 0 Å². The Morgan fingerprint density at radius 3 is 2.52 bits per heavy atom. The molecule has 1 aliphatic rings. The van der Waals surface area contributed by atoms with Gasteiger partial charge in [-0.15, -0.1) is 11.3 Å². The van der Waals surface area contributed by atoms with Crippen molar-refractivity contribution in [3.8, 4) is 17.6 Å². The first kappa shape index (κ1) is 23.8. The maximum absolute atomic E-state index is 9.76. The average molecular weight is 441 g/mol. The minimum Gasteiger partial charge on any atom is -0.497 e. The number of hydrogen-bond donors (Lipinski definition) is 1. The van der Waals surface area contributed by atoms with Gasteiger partial charge in [-0.25, -0.2) is 0 Å². The molecule has 1 aromatic heterocycles. The molecule has 1 saturated heterocycles. The SMILES string of the molecule is COc1ccc(CCN2CCC(CN(C)Cc3ccc(C#CC(C)(C)O)s3)CC2)cc1. The van der Waals surface area contributed by atoms with Gasteiger partial charge in [-0.2, -0.15) is 0 Å². The molecule has 1 N–H and O–H groups in total. The molecule has 3 rings (SSSR count). The van der Waals surface area contributed by atoms with Crippen molar-refractivity contribution in [3.63, 3.8) is 0 Å². The summed E-state index contributed by atoms with van der Waals surface area (Å²) < 4.78 is 5.24. The molecular weight excluding hydrogens is 404 g/mol. The summed E-state index contributed by atoms with van der Waals surface area (Å²) in [6.07, 6.45) is 3.66. The van der Waals surface area contributed by atoms with E-state index in [-0.39, 0.29) is 0 Å². The summed E-state index contributed by atoms with van der Waals surface area (Å²) in [4.78, 5) is 7.40. The van der Waals surface area contributed by atoms with Gasteiger partial charge in [-0.1, -0.05) is 24.0 Å². The van der Waals surface area contributed by atoms with Crippen LogP contribution >= 0.6 is 11.3 Å². The number of aliphatic hydroxyl groups is 1. The molecule has 5 heteroatoms. The molecule has 1 aromatic carbocycles. The topological polar surface area (TPSA) is 35.9 Å². The molecule has 2 aromatic rings. The van der Waals surface area contributed by atoms with E-state index in [1.165, 1.54) is 36.4 Å². The zero-order chi connectivity index (χ0) is 22.3. The summed E-state index contributed by atoms with van der Waals surface area (Å²) in [7, 11) is 3.93. The van der Waals surface area contributed by atoms with Crippen molar-refractivity contribution >= 4 is 11.3 Å². The van der Waals surface area contributed by atoms with E-state index in [1.807, 2.05) is 12.1 Å². The second kappa shape index (κ2) is 11.2. The van der Waals surface area contributed by atoms with Crippen molar-refractivity contribution in [1.29, 1.82) is 0 Å². The van der Waals surface area contributed by atoms with Gasteiger partial charge >= 0.3 is 0 Å². The number of likely N-dealkylation sites (tertiary alicyclic amines) is 1. The summed E-state index contributed by atoms with van der Waals surface area (Å²) in [5.74, 6) is 7.67. The third kappa shape index (κ3) is 8.31. The Hall–Kier alpha value is -1.84. The third-order valence-electron chi connectivity index (χ3n) is 5.73. The third-order valence-corrected chi connectivity index (χ3v) is 6.72. The molecule has 168 valence electrons. The normalized spacial score (nSPS) is 15.7. The first-order valence-corrected chi connectivity index (χ1v) is 12.0. The lowest BCUT2D eigenvalue weighted by molar-refractivity contribution is 0.143. The Labute approximate surface area is 191 Å². The lowest BCUT2D eigenvalue weighted by Gasteiger charge is -2.33. The maximum Gasteiger partial charge on any atom is 0.120 e. The molecule has 0 unspecified atom stereocenters. The van der Waals surface area contributed by atoms with Crippen LogP contribution in [0, 0.1) is 17.8 Å². The fourth-order valence-electron chi connectivity index (χ4n) is 3.99. The van der Waals surface area contributed by atoms with Gasteiger partial charge in [0.15, 0.2) is 0 Å². The van der Waals surface area contributed by atoms with E-state index in [2.05, 4.69) is 53.0 Å². The highest BCUT2D eigenvalue weighted by Gasteiger charge is 2.20. The van der Waals surface area contributed by atoms with Crippen molar-refractivity contribution in [2.45, 2.75) is 45.3 Å². The van der Waals surface area contributed by atoms with Gasteiger partial charge in [0.1, 0.15) is 11.4 Å². The molecule has 0 aliphatic carbocycles. The minimum atomic E-state index is -0.940. The molecule has 0 radical (unpaired) electrons. The highest BCUT2D eigenvalue weighted by molar-refractivity contribution is 7.12. The number of methoxy groups -OCH3 is 1. The number of piperidine rings is 1. The highest BCUT2D eigenvalue weighted by atomic mass is 32.1. The monoisotopic (exact) mass is 440 g/mol. The fraction of sp³-hybridized carbons (Fsp3) is 0.538. The van der Waals surface area contributed by atoms with Gasteiger partial charge < -0.3 is 19.6 Å². The summed E-state index contributed by atoms with van der Waals surface area (Å²) in [6, 6.07) is 12.7. The van der Waals surface area contributed by atoms with E-state index in [4.69, 9.17) is 4.74 Å². The van der Waals surface area contributed by atoms with Gasteiger partial charge in [0.05, 0.1) is 12.0 Å². The van der Waals surface area contributed by atoms with Crippen LogP contribution in [0.15, 0.2) is 36.4 Å². The minimum absolute atomic E-state index is 0.775. The molecule has 0 amide bonds. The van der Waals surface area contributed by atoms with Crippen LogP contribution in [0.3, 0.4) is 0 Å². The van der Waals surface area contributed by atoms with E-state index >= 15 is 0 Å². The Bertz CT molecular complexity index is 865. The summed E-state index contributed by atoms with van der Waals surface area (Å²) in [5.41, 5.74) is 0.440. The molecule has 31 heavy (non-hydrogen) atoms. The van der Waals surface area contributed by atoms with E-state index in [9.17, 15) is 5.11 Å². The van der Waals surface area contributed by atoms with Crippen LogP contribution in [0.1, 0.15) is 42.0 Å². The molecule has 2 heterocycles. The van der Waals surface area contributed by atoms with Gasteiger partial charge in [-0.3, -0.25) is 0 Å². The molecule has 0 bridgehead atoms. The molecule has 0 spiro atoms. The van der Waals surface area contributed by atoms with Gasteiger partial charge in [0, 0.05) is 24.5 Å². The van der Waals surface area contributed by atoms with E-state index < -0.39 is 5.60 Å². The second-order valence-corrected chi connectivity index (χ2v) is 10.3. The number of ether oxygens (including phenoxy) is 1. The Morgan fingerprint density at radius 1 is 1.16 bits per heavy atom. The maximum atomic E-state index is 9.76. The smallest absolute Gasteiger partial charge is 0.120 e. The van der Waals surface area contributed by atoms with Crippen molar-refractivity contribution in [1.82, 2.24) is 9.80 Å². The second-order valence-electron chi connectivity index (χ2n) is 9.15. The van der Waals surface area contributed by atoms with E-state index in [0.29, 0.717) is 0 Å². The molecule has 0 saturated carbocycles. The standard InChI is InChI=1S/C26H36N2O2S/c1-26(2,29)15-11-24-9-10-25(31-24)20-27(3)19-22-13-17-28(18-14-22)16-12-21-5-7-23(30-4)8-6-21/h5-10,22,29H,12-14,16-20H2,1-4H3. The number of benzene rings is 1. The van der Waals surface area contributed by atoms with Crippen LogP contribution in [-0.4, -0.2) is 60.8 Å². The van der Waals surface area contributed by atoms with E-state index in [0.717, 1.165) is 42.6 Å². The quantitative estimate of drug-likeness (QED) is 0.622. The number of hydrogen-bond acceptors (Lipinski definition) is 5. The van der Waals surface area contributed by atoms with Crippen LogP contribution in [0.25, 0.3) is 0 Å². The number of thiophene rings is 1. The molecular formula is C26H36N2O2S. The molecule has 1 fully saturated rings. The van der Waals surface area contributed by atoms with Crippen molar-refractivity contribution in [2.75, 3.05) is 40.3 Å². The largest absolute Gasteiger partial charge is 0.497 e. The van der Waals surface area contributed by atoms with Gasteiger partial charge in [-0.05, 0) is 89.0 Å². The summed E-state index contributed by atoms with van der Waals surface area (Å²) >= 11 is 1.73. The predicted octanol–water partition coefficient (Wildman–Crippen LogP) is 4.27. The van der Waals surface area contributed by atoms with Crippen LogP contribution in [0.5, 0.6) is 5.75 Å². The van der Waals surface area contributed by atoms with Crippen molar-refractivity contribution in [2.24, 2.45) is 5.92 Å². The van der Waals surface area contributed by atoms with Gasteiger partial charge in [0.25, 0.3) is 0 Å². The van der Waals surface area contributed by atoms with Gasteiger partial charge in [0.2, 0.25) is 0 Å². The van der Waals surface area contributed by atoms with Crippen molar-refractivity contribution in [3.05, 3.63) is 51.7 Å². The number of rotatable bonds is 8. The zero-order valence-electron chi connectivity index (χ0n) is 19.4. The number of nitrogens with zero attached hydrogens (tertiary/aromatic N) is 2. The Balaban J connectivity index is 1.37. The van der Waals surface area contributed by atoms with Crippen molar-refractivity contribution < 1.29 is 9.84 Å². The molecule has 4 nitrogen and oxygen atoms in total. The zero-order valence-corrected chi connectivity index (χ0v) is 20.2. The van der Waals surface area contributed by atoms with Crippen LogP contribution in [0.4, 0.5) is 0 Å². The summed E-state index contributed by atoms with van der Waals surface area (Å²) in [6.45, 7) is 9.08. The fourth-order valence-corrected chi connectivity index (χ4v) is 4.93. The lowest BCUT2D eigenvalue weighted by atomic mass is 9.96. The highest BCUT2D eigenvalue weighted by Crippen LogP contribution is 2.22.